The highest BCUT2D eigenvalue weighted by atomic mass is 35.5. The predicted octanol–water partition coefficient (Wildman–Crippen LogP) is 2.97. The summed E-state index contributed by atoms with van der Waals surface area (Å²) in [6.45, 7) is 4.20. The van der Waals surface area contributed by atoms with Gasteiger partial charge in [-0.25, -0.2) is 0 Å². The maximum atomic E-state index is 12.6. The Balaban J connectivity index is 2.28. The number of carbonyl (C=O) groups is 2. The lowest BCUT2D eigenvalue weighted by Gasteiger charge is -2.37. The number of carbonyl (C=O) groups excluding carboxylic acids is 1. The Kier molecular flexibility index (Phi) is 4.33. The molecule has 1 fully saturated rings. The van der Waals surface area contributed by atoms with Crippen molar-refractivity contribution in [1.29, 1.82) is 0 Å². The Hall–Kier alpha value is -1.55. The molecule has 108 valence electrons. The number of hydrogen-bond acceptors (Lipinski definition) is 2. The standard InChI is InChI=1S/C15H18ClNO3/c1-9-11(5-3-7-13(9)16)14(18)17-8-4-6-12(10(17)2)15(19)20/h3,5,7,10,12H,4,6,8H2,1-2H3,(H,19,20)/t10-,12-/m1/s1. The SMILES string of the molecule is Cc1c(Cl)cccc1C(=O)N1CCC[C@@H](C(=O)O)[C@H]1C. The third kappa shape index (κ3) is 2.66. The lowest BCUT2D eigenvalue weighted by atomic mass is 9.89. The van der Waals surface area contributed by atoms with E-state index in [9.17, 15) is 14.7 Å². The fourth-order valence-electron chi connectivity index (χ4n) is 2.75. The molecule has 2 atom stereocenters. The van der Waals surface area contributed by atoms with Crippen molar-refractivity contribution in [3.05, 3.63) is 34.3 Å². The molecule has 2 rings (SSSR count). The Labute approximate surface area is 123 Å². The van der Waals surface area contributed by atoms with E-state index in [0.717, 1.165) is 5.56 Å². The van der Waals surface area contributed by atoms with Crippen molar-refractivity contribution in [3.63, 3.8) is 0 Å². The van der Waals surface area contributed by atoms with Crippen molar-refractivity contribution in [1.82, 2.24) is 4.90 Å². The molecular weight excluding hydrogens is 278 g/mol. The second-order valence-corrected chi connectivity index (χ2v) is 5.65. The summed E-state index contributed by atoms with van der Waals surface area (Å²) < 4.78 is 0. The van der Waals surface area contributed by atoms with Gasteiger partial charge in [0.1, 0.15) is 0 Å². The number of amides is 1. The van der Waals surface area contributed by atoms with Crippen molar-refractivity contribution in [2.45, 2.75) is 32.7 Å². The summed E-state index contributed by atoms with van der Waals surface area (Å²) in [6, 6.07) is 4.92. The second-order valence-electron chi connectivity index (χ2n) is 5.24. The van der Waals surface area contributed by atoms with Gasteiger partial charge < -0.3 is 10.0 Å². The Morgan fingerprint density at radius 3 is 2.75 bits per heavy atom. The van der Waals surface area contributed by atoms with Gasteiger partial charge in [-0.15, -0.1) is 0 Å². The van der Waals surface area contributed by atoms with Gasteiger partial charge in [-0.1, -0.05) is 17.7 Å². The molecule has 1 N–H and O–H groups in total. The number of carboxylic acids is 1. The lowest BCUT2D eigenvalue weighted by Crippen LogP contribution is -2.49. The Bertz CT molecular complexity index is 544. The highest BCUT2D eigenvalue weighted by molar-refractivity contribution is 6.31. The molecule has 0 saturated carbocycles. The van der Waals surface area contributed by atoms with Crippen molar-refractivity contribution < 1.29 is 14.7 Å². The van der Waals surface area contributed by atoms with Crippen LogP contribution >= 0.6 is 11.6 Å². The van der Waals surface area contributed by atoms with Crippen LogP contribution in [0.5, 0.6) is 0 Å². The Morgan fingerprint density at radius 1 is 1.40 bits per heavy atom. The molecule has 0 unspecified atom stereocenters. The van der Waals surface area contributed by atoms with Crippen LogP contribution in [0.2, 0.25) is 5.02 Å². The lowest BCUT2D eigenvalue weighted by molar-refractivity contribution is -0.144. The minimum Gasteiger partial charge on any atom is -0.481 e. The first kappa shape index (κ1) is 14.9. The number of carboxylic acid groups (broad SMARTS) is 1. The van der Waals surface area contributed by atoms with E-state index in [0.29, 0.717) is 30.0 Å². The molecule has 1 heterocycles. The summed E-state index contributed by atoms with van der Waals surface area (Å²) in [4.78, 5) is 25.5. The maximum absolute atomic E-state index is 12.6. The van der Waals surface area contributed by atoms with Gasteiger partial charge in [-0.05, 0) is 44.4 Å². The van der Waals surface area contributed by atoms with E-state index < -0.39 is 11.9 Å². The molecule has 0 bridgehead atoms. The van der Waals surface area contributed by atoms with E-state index in [1.165, 1.54) is 0 Å². The number of likely N-dealkylation sites (tertiary alicyclic amines) is 1. The number of piperidine rings is 1. The molecular formula is C15H18ClNO3. The van der Waals surface area contributed by atoms with Crippen LogP contribution in [0.25, 0.3) is 0 Å². The highest BCUT2D eigenvalue weighted by Crippen LogP contribution is 2.27. The summed E-state index contributed by atoms with van der Waals surface area (Å²) >= 11 is 6.05. The van der Waals surface area contributed by atoms with Gasteiger partial charge in [-0.2, -0.15) is 0 Å². The van der Waals surface area contributed by atoms with Crippen molar-refractivity contribution in [2.24, 2.45) is 5.92 Å². The van der Waals surface area contributed by atoms with Gasteiger partial charge >= 0.3 is 5.97 Å². The second kappa shape index (κ2) is 5.83. The number of rotatable bonds is 2. The van der Waals surface area contributed by atoms with Crippen LogP contribution in [0.3, 0.4) is 0 Å². The summed E-state index contributed by atoms with van der Waals surface area (Å²) in [5.41, 5.74) is 1.29. The van der Waals surface area contributed by atoms with Crippen molar-refractivity contribution >= 4 is 23.5 Å². The molecule has 1 amide bonds. The molecule has 1 aliphatic heterocycles. The molecule has 0 aromatic heterocycles. The molecule has 0 radical (unpaired) electrons. The van der Waals surface area contributed by atoms with Gasteiger partial charge in [0.2, 0.25) is 0 Å². The van der Waals surface area contributed by atoms with Crippen LogP contribution in [-0.4, -0.2) is 34.5 Å². The number of halogens is 1. The molecule has 20 heavy (non-hydrogen) atoms. The average Bonchev–Trinajstić information content (AvgIpc) is 2.41. The van der Waals surface area contributed by atoms with Crippen LogP contribution in [0.4, 0.5) is 0 Å². The quantitative estimate of drug-likeness (QED) is 0.912. The monoisotopic (exact) mass is 295 g/mol. The first-order valence-electron chi connectivity index (χ1n) is 6.72. The van der Waals surface area contributed by atoms with Crippen molar-refractivity contribution in [3.8, 4) is 0 Å². The zero-order valence-corrected chi connectivity index (χ0v) is 12.4. The first-order valence-corrected chi connectivity index (χ1v) is 7.10. The van der Waals surface area contributed by atoms with E-state index >= 15 is 0 Å². The number of hydrogen-bond donors (Lipinski definition) is 1. The molecule has 1 aliphatic rings. The summed E-state index contributed by atoms with van der Waals surface area (Å²) in [7, 11) is 0. The van der Waals surface area contributed by atoms with E-state index in [4.69, 9.17) is 11.6 Å². The molecule has 1 aromatic rings. The van der Waals surface area contributed by atoms with Crippen LogP contribution in [0, 0.1) is 12.8 Å². The molecule has 0 aliphatic carbocycles. The number of aliphatic carboxylic acids is 1. The zero-order valence-electron chi connectivity index (χ0n) is 11.6. The normalized spacial score (nSPS) is 22.6. The third-order valence-corrected chi connectivity index (χ3v) is 4.47. The van der Waals surface area contributed by atoms with Crippen LogP contribution in [0.1, 0.15) is 35.7 Å². The van der Waals surface area contributed by atoms with E-state index in [1.54, 1.807) is 36.9 Å². The number of benzene rings is 1. The Morgan fingerprint density at radius 2 is 2.10 bits per heavy atom. The van der Waals surface area contributed by atoms with E-state index in [-0.39, 0.29) is 11.9 Å². The van der Waals surface area contributed by atoms with Crippen LogP contribution < -0.4 is 0 Å². The molecule has 5 heteroatoms. The zero-order chi connectivity index (χ0) is 14.9. The van der Waals surface area contributed by atoms with Gasteiger partial charge in [0.15, 0.2) is 0 Å². The fourth-order valence-corrected chi connectivity index (χ4v) is 2.93. The van der Waals surface area contributed by atoms with Crippen LogP contribution in [-0.2, 0) is 4.79 Å². The average molecular weight is 296 g/mol. The topological polar surface area (TPSA) is 57.6 Å². The molecule has 4 nitrogen and oxygen atoms in total. The van der Waals surface area contributed by atoms with Gasteiger partial charge in [0.25, 0.3) is 5.91 Å². The van der Waals surface area contributed by atoms with Gasteiger partial charge in [0.05, 0.1) is 5.92 Å². The maximum Gasteiger partial charge on any atom is 0.308 e. The summed E-state index contributed by atoms with van der Waals surface area (Å²) in [5, 5.41) is 9.77. The smallest absolute Gasteiger partial charge is 0.308 e. The third-order valence-electron chi connectivity index (χ3n) is 4.06. The first-order chi connectivity index (χ1) is 9.43. The minimum atomic E-state index is -0.835. The molecule has 1 saturated heterocycles. The summed E-state index contributed by atoms with van der Waals surface area (Å²) in [6.07, 6.45) is 1.33. The van der Waals surface area contributed by atoms with Gasteiger partial charge in [-0.3, -0.25) is 9.59 Å². The molecule has 0 spiro atoms. The van der Waals surface area contributed by atoms with E-state index in [1.807, 2.05) is 0 Å². The highest BCUT2D eigenvalue weighted by Gasteiger charge is 2.35. The fraction of sp³-hybridized carbons (Fsp3) is 0.467. The number of nitrogens with zero attached hydrogens (tertiary/aromatic N) is 1. The summed E-state index contributed by atoms with van der Waals surface area (Å²) in [5.74, 6) is -1.46. The molecule has 1 aromatic carbocycles. The van der Waals surface area contributed by atoms with Gasteiger partial charge in [0, 0.05) is 23.2 Å². The van der Waals surface area contributed by atoms with E-state index in [2.05, 4.69) is 0 Å². The largest absolute Gasteiger partial charge is 0.481 e. The minimum absolute atomic E-state index is 0.136. The van der Waals surface area contributed by atoms with Crippen molar-refractivity contribution in [2.75, 3.05) is 6.54 Å². The van der Waals surface area contributed by atoms with Crippen LogP contribution in [0.15, 0.2) is 18.2 Å². The predicted molar refractivity (Wildman–Crippen MR) is 77.0 cm³/mol.